The molecule has 0 aliphatic carbocycles. The first-order valence-electron chi connectivity index (χ1n) is 8.85. The van der Waals surface area contributed by atoms with Crippen LogP contribution < -0.4 is 0 Å². The SMILES string of the molecule is CN(CC(O)c1ccc(O)cc1)C(=O)CCN1C(=O)/C(=C\c2ccco2)SC1=S. The standard InChI is InChI=1S/C20H20N2O5S2/c1-21(12-16(24)13-4-6-14(23)7-5-13)18(25)8-9-22-19(26)17(29-20(22)28)11-15-3-2-10-27-15/h2-7,10-11,16,23-24H,8-9,12H2,1H3/b17-11+. The number of hydrogen-bond acceptors (Lipinski definition) is 7. The number of carbonyl (C=O) groups is 2. The smallest absolute Gasteiger partial charge is 0.266 e. The molecular weight excluding hydrogens is 412 g/mol. The molecule has 1 aliphatic rings. The van der Waals surface area contributed by atoms with Crippen molar-refractivity contribution in [2.75, 3.05) is 20.1 Å². The highest BCUT2D eigenvalue weighted by Gasteiger charge is 2.32. The van der Waals surface area contributed by atoms with Crippen molar-refractivity contribution in [1.82, 2.24) is 9.80 Å². The summed E-state index contributed by atoms with van der Waals surface area (Å²) < 4.78 is 5.62. The number of phenols is 1. The van der Waals surface area contributed by atoms with Gasteiger partial charge in [0.2, 0.25) is 5.91 Å². The summed E-state index contributed by atoms with van der Waals surface area (Å²) in [5.41, 5.74) is 0.599. The summed E-state index contributed by atoms with van der Waals surface area (Å²) in [7, 11) is 1.59. The second-order valence-corrected chi connectivity index (χ2v) is 8.16. The molecule has 1 aromatic heterocycles. The van der Waals surface area contributed by atoms with Crippen molar-refractivity contribution in [1.29, 1.82) is 0 Å². The maximum atomic E-state index is 12.5. The highest BCUT2D eigenvalue weighted by Crippen LogP contribution is 2.32. The van der Waals surface area contributed by atoms with E-state index in [4.69, 9.17) is 16.6 Å². The van der Waals surface area contributed by atoms with Gasteiger partial charge in [-0.3, -0.25) is 14.5 Å². The third-order valence-electron chi connectivity index (χ3n) is 4.39. The number of aliphatic hydroxyl groups is 1. The maximum absolute atomic E-state index is 12.5. The fourth-order valence-electron chi connectivity index (χ4n) is 2.76. The Bertz CT molecular complexity index is 925. The summed E-state index contributed by atoms with van der Waals surface area (Å²) in [6.07, 6.45) is 2.35. The van der Waals surface area contributed by atoms with Gasteiger partial charge in [0.1, 0.15) is 15.8 Å². The number of likely N-dealkylation sites (N-methyl/N-ethyl adjacent to an activating group) is 1. The molecule has 152 valence electrons. The van der Waals surface area contributed by atoms with Gasteiger partial charge in [0.25, 0.3) is 5.91 Å². The van der Waals surface area contributed by atoms with Gasteiger partial charge in [-0.2, -0.15) is 0 Å². The molecule has 0 saturated carbocycles. The van der Waals surface area contributed by atoms with Crippen LogP contribution in [0, 0.1) is 0 Å². The number of nitrogens with zero attached hydrogens (tertiary/aromatic N) is 2. The van der Waals surface area contributed by atoms with E-state index in [9.17, 15) is 19.8 Å². The van der Waals surface area contributed by atoms with E-state index in [0.717, 1.165) is 0 Å². The highest BCUT2D eigenvalue weighted by molar-refractivity contribution is 8.26. The Kier molecular flexibility index (Phi) is 6.73. The number of thiocarbonyl (C=S) groups is 1. The molecule has 2 N–H and O–H groups in total. The number of amides is 2. The lowest BCUT2D eigenvalue weighted by Gasteiger charge is -2.22. The minimum atomic E-state index is -0.877. The van der Waals surface area contributed by atoms with E-state index in [1.54, 1.807) is 37.4 Å². The highest BCUT2D eigenvalue weighted by atomic mass is 32.2. The van der Waals surface area contributed by atoms with Crippen molar-refractivity contribution in [3.05, 3.63) is 58.9 Å². The quantitative estimate of drug-likeness (QED) is 0.513. The molecule has 3 rings (SSSR count). The fourth-order valence-corrected chi connectivity index (χ4v) is 4.05. The number of aromatic hydroxyl groups is 1. The van der Waals surface area contributed by atoms with Crippen LogP contribution in [0.25, 0.3) is 6.08 Å². The molecule has 1 atom stereocenters. The number of aliphatic hydroxyl groups excluding tert-OH is 1. The van der Waals surface area contributed by atoms with Gasteiger partial charge in [0.15, 0.2) is 0 Å². The number of phenolic OH excluding ortho intramolecular Hbond substituents is 1. The second kappa shape index (κ2) is 9.25. The van der Waals surface area contributed by atoms with E-state index >= 15 is 0 Å². The van der Waals surface area contributed by atoms with Crippen molar-refractivity contribution in [3.63, 3.8) is 0 Å². The van der Waals surface area contributed by atoms with E-state index in [-0.39, 0.29) is 37.1 Å². The molecule has 29 heavy (non-hydrogen) atoms. The first-order valence-corrected chi connectivity index (χ1v) is 10.1. The summed E-state index contributed by atoms with van der Waals surface area (Å²) in [5.74, 6) is 0.197. The number of carbonyl (C=O) groups excluding carboxylic acids is 2. The predicted molar refractivity (Wildman–Crippen MR) is 114 cm³/mol. The summed E-state index contributed by atoms with van der Waals surface area (Å²) in [4.78, 5) is 28.2. The minimum Gasteiger partial charge on any atom is -0.508 e. The van der Waals surface area contributed by atoms with E-state index < -0.39 is 6.10 Å². The van der Waals surface area contributed by atoms with Gasteiger partial charge in [-0.05, 0) is 29.8 Å². The van der Waals surface area contributed by atoms with Crippen molar-refractivity contribution < 1.29 is 24.2 Å². The van der Waals surface area contributed by atoms with Crippen molar-refractivity contribution in [2.24, 2.45) is 0 Å². The molecule has 2 aromatic rings. The van der Waals surface area contributed by atoms with Gasteiger partial charge in [-0.25, -0.2) is 0 Å². The molecule has 1 aliphatic heterocycles. The summed E-state index contributed by atoms with van der Waals surface area (Å²) in [5, 5.41) is 19.6. The monoisotopic (exact) mass is 432 g/mol. The van der Waals surface area contributed by atoms with Crippen LogP contribution in [0.1, 0.15) is 23.8 Å². The third-order valence-corrected chi connectivity index (χ3v) is 5.77. The Morgan fingerprint density at radius 2 is 2.07 bits per heavy atom. The van der Waals surface area contributed by atoms with Gasteiger partial charge in [0.05, 0.1) is 23.8 Å². The topological polar surface area (TPSA) is 94.2 Å². The van der Waals surface area contributed by atoms with Crippen molar-refractivity contribution >= 4 is 46.2 Å². The van der Waals surface area contributed by atoms with Gasteiger partial charge in [-0.15, -0.1) is 0 Å². The average Bonchev–Trinajstić information content (AvgIpc) is 3.29. The molecule has 2 heterocycles. The second-order valence-electron chi connectivity index (χ2n) is 6.48. The normalized spacial score (nSPS) is 16.5. The summed E-state index contributed by atoms with van der Waals surface area (Å²) in [6.45, 7) is 0.263. The molecule has 0 bridgehead atoms. The Balaban J connectivity index is 1.53. The molecule has 1 fully saturated rings. The van der Waals surface area contributed by atoms with Gasteiger partial charge < -0.3 is 19.5 Å². The van der Waals surface area contributed by atoms with Crippen LogP contribution >= 0.6 is 24.0 Å². The summed E-state index contributed by atoms with van der Waals surface area (Å²) in [6, 6.07) is 9.63. The van der Waals surface area contributed by atoms with Gasteiger partial charge in [0, 0.05) is 26.1 Å². The third kappa shape index (κ3) is 5.26. The number of rotatable bonds is 7. The molecule has 0 radical (unpaired) electrons. The van der Waals surface area contributed by atoms with E-state index in [1.807, 2.05) is 0 Å². The number of benzene rings is 1. The molecule has 1 aromatic carbocycles. The molecule has 7 nitrogen and oxygen atoms in total. The zero-order valence-electron chi connectivity index (χ0n) is 15.6. The van der Waals surface area contributed by atoms with E-state index in [1.165, 1.54) is 40.0 Å². The maximum Gasteiger partial charge on any atom is 0.266 e. The van der Waals surface area contributed by atoms with E-state index in [0.29, 0.717) is 20.5 Å². The first kappa shape index (κ1) is 21.1. The molecule has 1 saturated heterocycles. The minimum absolute atomic E-state index is 0.0826. The van der Waals surface area contributed by atoms with Crippen molar-refractivity contribution in [2.45, 2.75) is 12.5 Å². The Morgan fingerprint density at radius 1 is 1.34 bits per heavy atom. The molecule has 2 amide bonds. The van der Waals surface area contributed by atoms with E-state index in [2.05, 4.69) is 0 Å². The lowest BCUT2D eigenvalue weighted by atomic mass is 10.1. The number of furan rings is 1. The van der Waals surface area contributed by atoms with Crippen LogP contribution in [0.4, 0.5) is 0 Å². The molecule has 9 heteroatoms. The Labute approximate surface area is 177 Å². The largest absolute Gasteiger partial charge is 0.508 e. The molecule has 1 unspecified atom stereocenters. The van der Waals surface area contributed by atoms with Crippen LogP contribution in [0.15, 0.2) is 52.0 Å². The molecular formula is C20H20N2O5S2. The van der Waals surface area contributed by atoms with Crippen LogP contribution in [0.3, 0.4) is 0 Å². The number of thioether (sulfide) groups is 1. The molecule has 0 spiro atoms. The first-order chi connectivity index (χ1) is 13.8. The predicted octanol–water partition coefficient (Wildman–Crippen LogP) is 2.77. The zero-order chi connectivity index (χ0) is 21.0. The Hall–Kier alpha value is -2.62. The lowest BCUT2D eigenvalue weighted by Crippen LogP contribution is -2.36. The van der Waals surface area contributed by atoms with Crippen LogP contribution in [0.2, 0.25) is 0 Å². The van der Waals surface area contributed by atoms with Crippen molar-refractivity contribution in [3.8, 4) is 5.75 Å². The fraction of sp³-hybridized carbons (Fsp3) is 0.250. The van der Waals surface area contributed by atoms with Crippen LogP contribution in [0.5, 0.6) is 5.75 Å². The number of hydrogen-bond donors (Lipinski definition) is 2. The van der Waals surface area contributed by atoms with Gasteiger partial charge >= 0.3 is 0 Å². The van der Waals surface area contributed by atoms with Crippen LogP contribution in [-0.4, -0.2) is 56.3 Å². The average molecular weight is 433 g/mol. The van der Waals surface area contributed by atoms with Gasteiger partial charge in [-0.1, -0.05) is 36.1 Å². The van der Waals surface area contributed by atoms with Crippen LogP contribution in [-0.2, 0) is 9.59 Å². The Morgan fingerprint density at radius 3 is 2.72 bits per heavy atom. The summed E-state index contributed by atoms with van der Waals surface area (Å²) >= 11 is 6.44. The lowest BCUT2D eigenvalue weighted by molar-refractivity contribution is -0.131. The zero-order valence-corrected chi connectivity index (χ0v) is 17.3.